The normalized spacial score (nSPS) is 18.9. The first-order valence-corrected chi connectivity index (χ1v) is 11.5. The van der Waals surface area contributed by atoms with Crippen molar-refractivity contribution in [2.24, 2.45) is 0 Å². The summed E-state index contributed by atoms with van der Waals surface area (Å²) in [6, 6.07) is 10.1. The number of fused-ring (bicyclic) bond motifs is 1. The fourth-order valence-corrected chi connectivity index (χ4v) is 4.32. The first kappa shape index (κ1) is 21.1. The molecule has 158 valence electrons. The van der Waals surface area contributed by atoms with Gasteiger partial charge in [0.25, 0.3) is 5.91 Å². The highest BCUT2D eigenvalue weighted by molar-refractivity contribution is 9.13. The molecular formula is C21H23Br2N5O2. The van der Waals surface area contributed by atoms with Crippen molar-refractivity contribution >= 4 is 60.4 Å². The number of hydrogen-bond acceptors (Lipinski definition) is 6. The Morgan fingerprint density at radius 3 is 2.47 bits per heavy atom. The van der Waals surface area contributed by atoms with Crippen molar-refractivity contribution < 1.29 is 9.21 Å². The van der Waals surface area contributed by atoms with Crippen LogP contribution < -0.4 is 15.5 Å². The van der Waals surface area contributed by atoms with Crippen molar-refractivity contribution in [1.29, 1.82) is 0 Å². The monoisotopic (exact) mass is 535 g/mol. The van der Waals surface area contributed by atoms with E-state index in [2.05, 4.69) is 42.5 Å². The Morgan fingerprint density at radius 1 is 1.10 bits per heavy atom. The lowest BCUT2D eigenvalue weighted by Gasteiger charge is -2.29. The molecule has 0 bridgehead atoms. The maximum atomic E-state index is 12.4. The molecule has 1 aromatic carbocycles. The third-order valence-corrected chi connectivity index (χ3v) is 6.98. The lowest BCUT2D eigenvalue weighted by atomic mass is 9.91. The number of hydrogen-bond donors (Lipinski definition) is 2. The maximum absolute atomic E-state index is 12.4. The number of aromatic nitrogens is 2. The molecule has 9 heteroatoms. The van der Waals surface area contributed by atoms with Crippen molar-refractivity contribution in [3.8, 4) is 0 Å². The number of anilines is 2. The van der Waals surface area contributed by atoms with Crippen LogP contribution in [-0.4, -0.2) is 42.1 Å². The molecule has 1 amide bonds. The van der Waals surface area contributed by atoms with Crippen LogP contribution in [0.25, 0.3) is 10.9 Å². The summed E-state index contributed by atoms with van der Waals surface area (Å²) in [5.74, 6) is 1.66. The van der Waals surface area contributed by atoms with Gasteiger partial charge in [0.15, 0.2) is 10.4 Å². The highest BCUT2D eigenvalue weighted by Crippen LogP contribution is 2.28. The van der Waals surface area contributed by atoms with E-state index in [1.54, 1.807) is 6.07 Å². The van der Waals surface area contributed by atoms with E-state index in [9.17, 15) is 4.79 Å². The van der Waals surface area contributed by atoms with Gasteiger partial charge >= 0.3 is 0 Å². The minimum absolute atomic E-state index is 0.132. The molecule has 1 aliphatic rings. The van der Waals surface area contributed by atoms with Gasteiger partial charge in [-0.05, 0) is 69.7 Å². The number of halogens is 2. The summed E-state index contributed by atoms with van der Waals surface area (Å²) in [5, 5.41) is 7.60. The van der Waals surface area contributed by atoms with E-state index in [4.69, 9.17) is 14.4 Å². The van der Waals surface area contributed by atoms with Crippen molar-refractivity contribution in [3.05, 3.63) is 45.2 Å². The van der Waals surface area contributed by atoms with E-state index in [0.717, 1.165) is 46.9 Å². The van der Waals surface area contributed by atoms with Gasteiger partial charge in [0.1, 0.15) is 5.82 Å². The number of amides is 1. The molecule has 0 unspecified atom stereocenters. The van der Waals surface area contributed by atoms with Crippen LogP contribution in [0.1, 0.15) is 36.2 Å². The molecule has 2 heterocycles. The molecule has 1 fully saturated rings. The van der Waals surface area contributed by atoms with Crippen LogP contribution in [0.2, 0.25) is 0 Å². The lowest BCUT2D eigenvalue weighted by Crippen LogP contribution is -2.40. The number of nitrogens with zero attached hydrogens (tertiary/aromatic N) is 3. The molecule has 0 radical (unpaired) electrons. The smallest absolute Gasteiger partial charge is 0.287 e. The molecule has 3 aromatic rings. The Labute approximate surface area is 191 Å². The summed E-state index contributed by atoms with van der Waals surface area (Å²) in [7, 11) is 3.98. The van der Waals surface area contributed by atoms with Crippen molar-refractivity contribution in [1.82, 2.24) is 15.3 Å². The van der Waals surface area contributed by atoms with Gasteiger partial charge in [-0.1, -0.05) is 12.1 Å². The predicted octanol–water partition coefficient (Wildman–Crippen LogP) is 4.97. The van der Waals surface area contributed by atoms with Gasteiger partial charge in [-0.3, -0.25) is 4.79 Å². The summed E-state index contributed by atoms with van der Waals surface area (Å²) in [6.07, 6.45) is 3.65. The van der Waals surface area contributed by atoms with E-state index in [-0.39, 0.29) is 18.0 Å². The van der Waals surface area contributed by atoms with Crippen molar-refractivity contribution in [2.45, 2.75) is 37.8 Å². The Hall–Kier alpha value is -2.13. The van der Waals surface area contributed by atoms with E-state index in [1.807, 2.05) is 43.3 Å². The quantitative estimate of drug-likeness (QED) is 0.479. The summed E-state index contributed by atoms with van der Waals surface area (Å²) in [5.41, 5.74) is 0.926. The van der Waals surface area contributed by atoms with Gasteiger partial charge in [-0.25, -0.2) is 4.98 Å². The number of carbonyl (C=O) groups excluding carboxylic acids is 1. The molecule has 2 N–H and O–H groups in total. The number of rotatable bonds is 5. The van der Waals surface area contributed by atoms with Crippen LogP contribution >= 0.6 is 31.9 Å². The number of para-hydroxylation sites is 1. The van der Waals surface area contributed by atoms with E-state index in [0.29, 0.717) is 16.4 Å². The average molecular weight is 537 g/mol. The Kier molecular flexibility index (Phi) is 6.29. The van der Waals surface area contributed by atoms with Gasteiger partial charge < -0.3 is 20.0 Å². The fourth-order valence-electron chi connectivity index (χ4n) is 3.74. The molecule has 0 aliphatic heterocycles. The standard InChI is InChI=1S/C21H23Br2N5O2/c1-28(2)19-14-5-3-4-6-16(14)26-21(27-19)25-13-9-7-12(8-10-13)24-20(29)17-11-15(22)18(23)30-17/h3-6,11-13H,7-10H2,1-2H3,(H,24,29)(H,25,26,27). The molecular weight excluding hydrogens is 514 g/mol. The molecule has 0 saturated heterocycles. The van der Waals surface area contributed by atoms with Gasteiger partial charge in [-0.15, -0.1) is 0 Å². The Balaban J connectivity index is 1.37. The largest absolute Gasteiger partial charge is 0.443 e. The zero-order valence-corrected chi connectivity index (χ0v) is 20.0. The second-order valence-electron chi connectivity index (χ2n) is 7.68. The summed E-state index contributed by atoms with van der Waals surface area (Å²) >= 11 is 6.60. The molecule has 1 saturated carbocycles. The van der Waals surface area contributed by atoms with E-state index < -0.39 is 0 Å². The van der Waals surface area contributed by atoms with Crippen LogP contribution in [-0.2, 0) is 0 Å². The minimum Gasteiger partial charge on any atom is -0.443 e. The van der Waals surface area contributed by atoms with Crippen molar-refractivity contribution in [3.63, 3.8) is 0 Å². The molecule has 2 aromatic heterocycles. The van der Waals surface area contributed by atoms with E-state index in [1.165, 1.54) is 0 Å². The van der Waals surface area contributed by atoms with E-state index >= 15 is 0 Å². The van der Waals surface area contributed by atoms with Crippen LogP contribution in [0.4, 0.5) is 11.8 Å². The summed E-state index contributed by atoms with van der Waals surface area (Å²) in [4.78, 5) is 23.8. The van der Waals surface area contributed by atoms with Crippen LogP contribution in [0.3, 0.4) is 0 Å². The third kappa shape index (κ3) is 4.62. The Morgan fingerprint density at radius 2 is 1.80 bits per heavy atom. The van der Waals surface area contributed by atoms with Gasteiger partial charge in [-0.2, -0.15) is 4.98 Å². The van der Waals surface area contributed by atoms with Crippen LogP contribution in [0.5, 0.6) is 0 Å². The number of benzene rings is 1. The topological polar surface area (TPSA) is 83.3 Å². The lowest BCUT2D eigenvalue weighted by molar-refractivity contribution is 0.0897. The van der Waals surface area contributed by atoms with Gasteiger partial charge in [0, 0.05) is 37.6 Å². The fraction of sp³-hybridized carbons (Fsp3) is 0.381. The molecule has 1 aliphatic carbocycles. The van der Waals surface area contributed by atoms with Gasteiger partial charge in [0.2, 0.25) is 5.95 Å². The highest BCUT2D eigenvalue weighted by Gasteiger charge is 2.25. The van der Waals surface area contributed by atoms with Crippen LogP contribution in [0.15, 0.2) is 43.9 Å². The molecule has 30 heavy (non-hydrogen) atoms. The molecule has 0 spiro atoms. The number of nitrogens with one attached hydrogen (secondary N) is 2. The first-order chi connectivity index (χ1) is 14.4. The second kappa shape index (κ2) is 8.93. The first-order valence-electron chi connectivity index (χ1n) is 9.87. The maximum Gasteiger partial charge on any atom is 0.287 e. The summed E-state index contributed by atoms with van der Waals surface area (Å²) in [6.45, 7) is 0. The molecule has 4 rings (SSSR count). The second-order valence-corrected chi connectivity index (χ2v) is 9.26. The minimum atomic E-state index is -0.189. The van der Waals surface area contributed by atoms with Crippen molar-refractivity contribution in [2.75, 3.05) is 24.3 Å². The highest BCUT2D eigenvalue weighted by atomic mass is 79.9. The molecule has 7 nitrogen and oxygen atoms in total. The average Bonchev–Trinajstić information content (AvgIpc) is 3.07. The van der Waals surface area contributed by atoms with Crippen LogP contribution in [0, 0.1) is 0 Å². The predicted molar refractivity (Wildman–Crippen MR) is 125 cm³/mol. The SMILES string of the molecule is CN(C)c1nc(NC2CCC(NC(=O)c3cc(Br)c(Br)o3)CC2)nc2ccccc12. The number of carbonyl (C=O) groups is 1. The molecule has 0 atom stereocenters. The Bertz CT molecular complexity index is 1040. The zero-order valence-electron chi connectivity index (χ0n) is 16.8. The third-order valence-electron chi connectivity index (χ3n) is 5.27. The zero-order chi connectivity index (χ0) is 21.3. The summed E-state index contributed by atoms with van der Waals surface area (Å²) < 4.78 is 6.66. The van der Waals surface area contributed by atoms with Gasteiger partial charge in [0.05, 0.1) is 9.99 Å². The number of furan rings is 1.